The lowest BCUT2D eigenvalue weighted by Crippen LogP contribution is -2.46. The van der Waals surface area contributed by atoms with E-state index in [0.717, 1.165) is 5.54 Å². The molecule has 0 saturated carbocycles. The lowest BCUT2D eigenvalue weighted by atomic mass is 10.1. The van der Waals surface area contributed by atoms with Crippen LogP contribution in [0.3, 0.4) is 0 Å². The van der Waals surface area contributed by atoms with Gasteiger partial charge in [-0.2, -0.15) is 0 Å². The van der Waals surface area contributed by atoms with Crippen molar-refractivity contribution < 1.29 is 0 Å². The van der Waals surface area contributed by atoms with Gasteiger partial charge < -0.3 is 0 Å². The molecule has 0 aromatic rings. The van der Waals surface area contributed by atoms with Gasteiger partial charge in [0.05, 0.1) is 0 Å². The molecular formula is C13H26Si2. The van der Waals surface area contributed by atoms with E-state index < -0.39 is 15.9 Å². The van der Waals surface area contributed by atoms with Crippen molar-refractivity contribution >= 4 is 15.9 Å². The standard InChI is InChI=1S/C13H26Si2/c1-9-10(2)12(4)13(11(9)3)15(7,8)14(5)6/h13-14H,1-8H3. The van der Waals surface area contributed by atoms with Crippen LogP contribution in [0.5, 0.6) is 0 Å². The molecule has 0 atom stereocenters. The number of allylic oxidation sites excluding steroid dienone is 4. The van der Waals surface area contributed by atoms with Gasteiger partial charge in [-0.25, -0.2) is 0 Å². The van der Waals surface area contributed by atoms with Crippen LogP contribution in [0.1, 0.15) is 27.7 Å². The van der Waals surface area contributed by atoms with Crippen molar-refractivity contribution in [3.63, 3.8) is 0 Å². The zero-order valence-corrected chi connectivity index (χ0v) is 13.8. The molecule has 0 fully saturated rings. The highest BCUT2D eigenvalue weighted by Crippen LogP contribution is 2.47. The Morgan fingerprint density at radius 2 is 1.20 bits per heavy atom. The van der Waals surface area contributed by atoms with Gasteiger partial charge in [0.25, 0.3) is 0 Å². The van der Waals surface area contributed by atoms with Crippen LogP contribution in [0.15, 0.2) is 22.3 Å². The summed E-state index contributed by atoms with van der Waals surface area (Å²) >= 11 is 0. The number of rotatable bonds is 2. The summed E-state index contributed by atoms with van der Waals surface area (Å²) in [7, 11) is -1.53. The summed E-state index contributed by atoms with van der Waals surface area (Å²) in [6.07, 6.45) is 0. The molecule has 1 rings (SSSR count). The SMILES string of the molecule is CC1=C(C)C([Si](C)(C)[SiH](C)C)C(C)=C1C. The van der Waals surface area contributed by atoms with Gasteiger partial charge in [-0.15, -0.1) is 0 Å². The monoisotopic (exact) mass is 238 g/mol. The molecule has 0 saturated heterocycles. The number of hydrogen-bond donors (Lipinski definition) is 0. The fourth-order valence-corrected chi connectivity index (χ4v) is 9.63. The van der Waals surface area contributed by atoms with E-state index in [1.165, 1.54) is 0 Å². The first-order valence-electron chi connectivity index (χ1n) is 6.06. The van der Waals surface area contributed by atoms with Crippen LogP contribution in [-0.2, 0) is 0 Å². The largest absolute Gasteiger partial charge is 0.0740 e. The van der Waals surface area contributed by atoms with E-state index >= 15 is 0 Å². The molecular weight excluding hydrogens is 212 g/mol. The molecule has 0 aromatic carbocycles. The van der Waals surface area contributed by atoms with E-state index in [2.05, 4.69) is 53.9 Å². The Labute approximate surface area is 97.9 Å². The third-order valence-corrected chi connectivity index (χ3v) is 20.1. The first kappa shape index (κ1) is 13.0. The van der Waals surface area contributed by atoms with E-state index in [1.54, 1.807) is 22.3 Å². The van der Waals surface area contributed by atoms with Crippen LogP contribution in [0.25, 0.3) is 0 Å². The third kappa shape index (κ3) is 1.94. The molecule has 0 aromatic heterocycles. The van der Waals surface area contributed by atoms with Crippen molar-refractivity contribution in [1.29, 1.82) is 0 Å². The Bertz CT molecular complexity index is 308. The fourth-order valence-electron chi connectivity index (χ4n) is 2.80. The Balaban J connectivity index is 3.20. The van der Waals surface area contributed by atoms with Gasteiger partial charge in [-0.05, 0) is 44.4 Å². The van der Waals surface area contributed by atoms with Crippen molar-refractivity contribution in [2.24, 2.45) is 0 Å². The summed E-state index contributed by atoms with van der Waals surface area (Å²) in [5.41, 5.74) is 7.37. The minimum absolute atomic E-state index is 0.494. The highest BCUT2D eigenvalue weighted by Gasteiger charge is 2.40. The second-order valence-electron chi connectivity index (χ2n) is 6.03. The average Bonchev–Trinajstić information content (AvgIpc) is 2.31. The number of hydrogen-bond acceptors (Lipinski definition) is 0. The maximum absolute atomic E-state index is 2.60. The van der Waals surface area contributed by atoms with Crippen molar-refractivity contribution in [2.45, 2.75) is 59.4 Å². The molecule has 15 heavy (non-hydrogen) atoms. The molecule has 0 spiro atoms. The summed E-state index contributed by atoms with van der Waals surface area (Å²) in [5, 5.41) is 0. The predicted octanol–water partition coefficient (Wildman–Crippen LogP) is 4.32. The lowest BCUT2D eigenvalue weighted by Gasteiger charge is -2.35. The van der Waals surface area contributed by atoms with E-state index in [4.69, 9.17) is 0 Å². The van der Waals surface area contributed by atoms with E-state index in [0.29, 0.717) is 0 Å². The quantitative estimate of drug-likeness (QED) is 0.629. The fraction of sp³-hybridized carbons (Fsp3) is 0.692. The molecule has 0 amide bonds. The summed E-state index contributed by atoms with van der Waals surface area (Å²) in [5.74, 6) is 0. The second kappa shape index (κ2) is 4.06. The van der Waals surface area contributed by atoms with Crippen LogP contribution in [0.4, 0.5) is 0 Å². The van der Waals surface area contributed by atoms with Crippen LogP contribution >= 0.6 is 0 Å². The van der Waals surface area contributed by atoms with Crippen molar-refractivity contribution in [3.05, 3.63) is 22.3 Å². The van der Waals surface area contributed by atoms with Gasteiger partial charge >= 0.3 is 0 Å². The normalized spacial score (nSPS) is 19.8. The topological polar surface area (TPSA) is 0 Å². The zero-order chi connectivity index (χ0) is 12.0. The maximum Gasteiger partial charge on any atom is 0.0499 e. The minimum Gasteiger partial charge on any atom is -0.0740 e. The molecule has 2 heteroatoms. The first-order chi connectivity index (χ1) is 6.71. The Morgan fingerprint density at radius 1 is 0.867 bits per heavy atom. The van der Waals surface area contributed by atoms with Gasteiger partial charge in [-0.1, -0.05) is 37.3 Å². The Morgan fingerprint density at radius 3 is 1.47 bits per heavy atom. The van der Waals surface area contributed by atoms with Gasteiger partial charge in [-0.3, -0.25) is 0 Å². The molecule has 86 valence electrons. The smallest absolute Gasteiger partial charge is 0.0499 e. The van der Waals surface area contributed by atoms with Gasteiger partial charge in [0.2, 0.25) is 0 Å². The van der Waals surface area contributed by atoms with Crippen LogP contribution < -0.4 is 0 Å². The van der Waals surface area contributed by atoms with Crippen molar-refractivity contribution in [3.8, 4) is 0 Å². The highest BCUT2D eigenvalue weighted by molar-refractivity contribution is 7.32. The average molecular weight is 239 g/mol. The first-order valence-corrected chi connectivity index (χ1v) is 13.3. The predicted molar refractivity (Wildman–Crippen MR) is 76.9 cm³/mol. The molecule has 0 radical (unpaired) electrons. The Kier molecular flexibility index (Phi) is 3.51. The van der Waals surface area contributed by atoms with Crippen molar-refractivity contribution in [1.82, 2.24) is 0 Å². The van der Waals surface area contributed by atoms with E-state index in [9.17, 15) is 0 Å². The van der Waals surface area contributed by atoms with Crippen LogP contribution in [0.2, 0.25) is 31.7 Å². The van der Waals surface area contributed by atoms with Crippen LogP contribution in [-0.4, -0.2) is 15.9 Å². The molecule has 1 aliphatic carbocycles. The third-order valence-electron chi connectivity index (χ3n) is 4.84. The summed E-state index contributed by atoms with van der Waals surface area (Å²) in [6.45, 7) is 19.6. The Hall–Kier alpha value is -0.0862. The summed E-state index contributed by atoms with van der Waals surface area (Å²) in [4.78, 5) is 0. The molecule has 0 N–H and O–H groups in total. The lowest BCUT2D eigenvalue weighted by molar-refractivity contribution is 1.08. The molecule has 1 aliphatic rings. The molecule has 0 bridgehead atoms. The molecule has 0 aliphatic heterocycles. The zero-order valence-electron chi connectivity index (χ0n) is 11.7. The maximum atomic E-state index is 2.60. The molecule has 0 nitrogen and oxygen atoms in total. The van der Waals surface area contributed by atoms with E-state index in [1.807, 2.05) is 0 Å². The van der Waals surface area contributed by atoms with Gasteiger partial charge in [0, 0.05) is 15.9 Å². The highest BCUT2D eigenvalue weighted by atomic mass is 29.2. The molecule has 0 heterocycles. The second-order valence-corrected chi connectivity index (χ2v) is 20.5. The molecule has 0 unspecified atom stereocenters. The van der Waals surface area contributed by atoms with Gasteiger partial charge in [0.15, 0.2) is 0 Å². The summed E-state index contributed by atoms with van der Waals surface area (Å²) in [6, 6.07) is 0. The van der Waals surface area contributed by atoms with E-state index in [-0.39, 0.29) is 0 Å². The summed E-state index contributed by atoms with van der Waals surface area (Å²) < 4.78 is 0. The van der Waals surface area contributed by atoms with Crippen LogP contribution in [0, 0.1) is 0 Å². The van der Waals surface area contributed by atoms with Crippen molar-refractivity contribution in [2.75, 3.05) is 0 Å². The van der Waals surface area contributed by atoms with Gasteiger partial charge in [0.1, 0.15) is 0 Å². The minimum atomic E-state index is -1.03.